The quantitative estimate of drug-likeness (QED) is 0.623. The molecule has 0 aliphatic heterocycles. The number of rotatable bonds is 5. The van der Waals surface area contributed by atoms with E-state index in [2.05, 4.69) is 5.32 Å². The summed E-state index contributed by atoms with van der Waals surface area (Å²) in [5.74, 6) is -0.256. The van der Waals surface area contributed by atoms with E-state index >= 15 is 0 Å². The predicted molar refractivity (Wildman–Crippen MR) is 70.0 cm³/mol. The molecule has 0 rings (SSSR count). The number of amides is 1. The summed E-state index contributed by atoms with van der Waals surface area (Å²) in [6.07, 6.45) is -0.595. The molecule has 1 amide bonds. The Labute approximate surface area is 112 Å². The number of halogens is 3. The summed E-state index contributed by atoms with van der Waals surface area (Å²) >= 11 is 17.6. The normalized spacial score (nSPS) is 14.3. The van der Waals surface area contributed by atoms with E-state index in [1.54, 1.807) is 13.8 Å². The van der Waals surface area contributed by atoms with Gasteiger partial charge in [-0.1, -0.05) is 62.5 Å². The summed E-state index contributed by atoms with van der Waals surface area (Å²) in [6, 6.07) is 0. The maximum Gasteiger partial charge on any atom is 0.223 e. The van der Waals surface area contributed by atoms with Gasteiger partial charge in [0.05, 0.1) is 0 Å². The second-order valence-corrected chi connectivity index (χ2v) is 6.20. The van der Waals surface area contributed by atoms with Crippen molar-refractivity contribution in [2.45, 2.75) is 37.7 Å². The topological polar surface area (TPSA) is 32.3 Å². The van der Waals surface area contributed by atoms with E-state index < -0.39 is 9.96 Å². The first kappa shape index (κ1) is 16.3. The number of hydrogen-bond donors (Lipinski definition) is 1. The van der Waals surface area contributed by atoms with Crippen molar-refractivity contribution < 1.29 is 4.79 Å². The Bertz CT molecular complexity index is 225. The second-order valence-electron chi connectivity index (χ2n) is 3.83. The van der Waals surface area contributed by atoms with Crippen LogP contribution in [0.15, 0.2) is 0 Å². The molecule has 3 nitrogen and oxygen atoms in total. The van der Waals surface area contributed by atoms with Gasteiger partial charge in [0.15, 0.2) is 0 Å². The average Bonchev–Trinajstić information content (AvgIpc) is 2.16. The zero-order valence-electron chi connectivity index (χ0n) is 10.1. The third-order valence-corrected chi connectivity index (χ3v) is 2.91. The summed E-state index contributed by atoms with van der Waals surface area (Å²) in [5, 5.41) is 2.75. The number of carbonyl (C=O) groups is 1. The first-order valence-electron chi connectivity index (χ1n) is 5.35. The van der Waals surface area contributed by atoms with Gasteiger partial charge in [-0.25, -0.2) is 0 Å². The molecule has 0 heterocycles. The van der Waals surface area contributed by atoms with Crippen LogP contribution < -0.4 is 5.32 Å². The summed E-state index contributed by atoms with van der Waals surface area (Å²) in [4.78, 5) is 13.5. The highest BCUT2D eigenvalue weighted by Crippen LogP contribution is 2.32. The molecule has 1 unspecified atom stereocenters. The van der Waals surface area contributed by atoms with Gasteiger partial charge in [-0.15, -0.1) is 0 Å². The van der Waals surface area contributed by atoms with Gasteiger partial charge in [0.1, 0.15) is 6.17 Å². The fourth-order valence-corrected chi connectivity index (χ4v) is 1.85. The van der Waals surface area contributed by atoms with Crippen molar-refractivity contribution in [1.29, 1.82) is 0 Å². The highest BCUT2D eigenvalue weighted by Gasteiger charge is 2.37. The van der Waals surface area contributed by atoms with Gasteiger partial charge >= 0.3 is 0 Å². The Morgan fingerprint density at radius 2 is 1.69 bits per heavy atom. The molecule has 0 saturated heterocycles. The molecule has 0 aromatic heterocycles. The summed E-state index contributed by atoms with van der Waals surface area (Å²) in [7, 11) is 0. The molecule has 6 heteroatoms. The highest BCUT2D eigenvalue weighted by atomic mass is 35.6. The number of nitrogens with zero attached hydrogens (tertiary/aromatic N) is 1. The molecule has 0 aliphatic rings. The van der Waals surface area contributed by atoms with Gasteiger partial charge in [0.25, 0.3) is 0 Å². The lowest BCUT2D eigenvalue weighted by atomic mass is 10.2. The Morgan fingerprint density at radius 3 is 1.94 bits per heavy atom. The van der Waals surface area contributed by atoms with E-state index in [1.165, 1.54) is 0 Å². The van der Waals surface area contributed by atoms with Gasteiger partial charge in [0.2, 0.25) is 9.70 Å². The maximum atomic E-state index is 11.6. The molecule has 1 N–H and O–H groups in total. The zero-order valence-corrected chi connectivity index (χ0v) is 12.3. The van der Waals surface area contributed by atoms with Gasteiger partial charge in [-0.05, 0) is 13.1 Å². The van der Waals surface area contributed by atoms with Crippen molar-refractivity contribution in [3.8, 4) is 0 Å². The Kier molecular flexibility index (Phi) is 7.03. The second kappa shape index (κ2) is 6.90. The smallest absolute Gasteiger partial charge is 0.223 e. The Hall–Kier alpha value is 0.300. The number of carbonyl (C=O) groups excluding carboxylic acids is 1. The average molecular weight is 290 g/mol. The highest BCUT2D eigenvalue weighted by molar-refractivity contribution is 6.68. The van der Waals surface area contributed by atoms with Gasteiger partial charge < -0.3 is 5.32 Å². The van der Waals surface area contributed by atoms with Crippen LogP contribution in [0.3, 0.4) is 0 Å². The molecular weight excluding hydrogens is 270 g/mol. The number of alkyl halides is 3. The van der Waals surface area contributed by atoms with Crippen molar-refractivity contribution in [3.05, 3.63) is 0 Å². The van der Waals surface area contributed by atoms with Gasteiger partial charge in [-0.3, -0.25) is 9.69 Å². The van der Waals surface area contributed by atoms with Crippen LogP contribution in [0.1, 0.15) is 27.7 Å². The largest absolute Gasteiger partial charge is 0.336 e. The molecule has 0 saturated carbocycles. The van der Waals surface area contributed by atoms with Gasteiger partial charge in [-0.2, -0.15) is 0 Å². The molecular formula is C10H19Cl3N2O. The molecule has 16 heavy (non-hydrogen) atoms. The molecule has 0 aliphatic carbocycles. The minimum atomic E-state index is -1.53. The van der Waals surface area contributed by atoms with Crippen LogP contribution in [0.2, 0.25) is 0 Å². The Balaban J connectivity index is 4.75. The lowest BCUT2D eigenvalue weighted by molar-refractivity contribution is -0.126. The minimum absolute atomic E-state index is 0.122. The standard InChI is InChI=1S/C10H19Cl3N2O/c1-5-15(6-2)9(10(11,12)13)14-8(16)7(3)4/h7,9H,5-6H2,1-4H3,(H,14,16). The van der Waals surface area contributed by atoms with Crippen molar-refractivity contribution >= 4 is 40.7 Å². The van der Waals surface area contributed by atoms with Crippen LogP contribution in [0, 0.1) is 5.92 Å². The number of nitrogens with one attached hydrogen (secondary N) is 1. The van der Waals surface area contributed by atoms with Crippen LogP contribution in [-0.4, -0.2) is 33.9 Å². The van der Waals surface area contributed by atoms with Crippen LogP contribution in [0.5, 0.6) is 0 Å². The fraction of sp³-hybridized carbons (Fsp3) is 0.900. The van der Waals surface area contributed by atoms with E-state index in [0.717, 1.165) is 0 Å². The molecule has 0 aromatic rings. The Morgan fingerprint density at radius 1 is 1.25 bits per heavy atom. The molecule has 0 aromatic carbocycles. The van der Waals surface area contributed by atoms with Crippen molar-refractivity contribution in [1.82, 2.24) is 10.2 Å². The predicted octanol–water partition coefficient (Wildman–Crippen LogP) is 2.80. The number of hydrogen-bond acceptors (Lipinski definition) is 2. The van der Waals surface area contributed by atoms with E-state index in [9.17, 15) is 4.79 Å². The minimum Gasteiger partial charge on any atom is -0.336 e. The summed E-state index contributed by atoms with van der Waals surface area (Å²) in [6.45, 7) is 8.91. The molecule has 0 fully saturated rings. The van der Waals surface area contributed by atoms with Crippen molar-refractivity contribution in [3.63, 3.8) is 0 Å². The first-order valence-corrected chi connectivity index (χ1v) is 6.48. The molecule has 0 bridgehead atoms. The molecule has 96 valence electrons. The molecule has 0 spiro atoms. The third kappa shape index (κ3) is 5.09. The van der Waals surface area contributed by atoms with Crippen LogP contribution >= 0.6 is 34.8 Å². The fourth-order valence-electron chi connectivity index (χ4n) is 1.27. The molecule has 0 radical (unpaired) electrons. The van der Waals surface area contributed by atoms with Crippen molar-refractivity contribution in [2.24, 2.45) is 5.92 Å². The van der Waals surface area contributed by atoms with E-state index in [1.807, 2.05) is 18.7 Å². The lowest BCUT2D eigenvalue weighted by Crippen LogP contribution is -2.56. The maximum absolute atomic E-state index is 11.6. The van der Waals surface area contributed by atoms with Crippen LogP contribution in [-0.2, 0) is 4.79 Å². The van der Waals surface area contributed by atoms with Crippen LogP contribution in [0.4, 0.5) is 0 Å². The first-order chi connectivity index (χ1) is 7.23. The van der Waals surface area contributed by atoms with Gasteiger partial charge in [0, 0.05) is 5.92 Å². The van der Waals surface area contributed by atoms with E-state index in [0.29, 0.717) is 13.1 Å². The van der Waals surface area contributed by atoms with E-state index in [-0.39, 0.29) is 11.8 Å². The summed E-state index contributed by atoms with van der Waals surface area (Å²) < 4.78 is -1.53. The van der Waals surface area contributed by atoms with Crippen LogP contribution in [0.25, 0.3) is 0 Å². The van der Waals surface area contributed by atoms with Crippen molar-refractivity contribution in [2.75, 3.05) is 13.1 Å². The molecule has 1 atom stereocenters. The zero-order chi connectivity index (χ0) is 12.9. The monoisotopic (exact) mass is 288 g/mol. The third-order valence-electron chi connectivity index (χ3n) is 2.29. The summed E-state index contributed by atoms with van der Waals surface area (Å²) in [5.41, 5.74) is 0. The van der Waals surface area contributed by atoms with E-state index in [4.69, 9.17) is 34.8 Å². The SMILES string of the molecule is CCN(CC)C(NC(=O)C(C)C)C(Cl)(Cl)Cl. The lowest BCUT2D eigenvalue weighted by Gasteiger charge is -2.35.